The number of carbonyl (C=O) groups is 2. The molecule has 1 aromatic rings. The fourth-order valence-corrected chi connectivity index (χ4v) is 3.63. The summed E-state index contributed by atoms with van der Waals surface area (Å²) in [6.45, 7) is 1.99. The fourth-order valence-electron chi connectivity index (χ4n) is 3.63. The molecule has 0 N–H and O–H groups in total. The monoisotopic (exact) mass is 314 g/mol. The lowest BCUT2D eigenvalue weighted by Crippen LogP contribution is -2.35. The van der Waals surface area contributed by atoms with Crippen LogP contribution in [0.1, 0.15) is 44.6 Å². The van der Waals surface area contributed by atoms with Crippen LogP contribution in [0.2, 0.25) is 0 Å². The number of ether oxygens (including phenoxy) is 2. The molecule has 0 unspecified atom stereocenters. The number of carbonyl (C=O) groups excluding carboxylic acids is 2. The average Bonchev–Trinajstić information content (AvgIpc) is 2.81. The molecule has 4 heteroatoms. The Bertz CT molecular complexity index is 624. The van der Waals surface area contributed by atoms with Crippen LogP contribution in [0.25, 0.3) is 0 Å². The van der Waals surface area contributed by atoms with Crippen LogP contribution in [0.5, 0.6) is 0 Å². The van der Waals surface area contributed by atoms with Gasteiger partial charge in [0.1, 0.15) is 11.2 Å². The van der Waals surface area contributed by atoms with Crippen molar-refractivity contribution in [2.75, 3.05) is 6.61 Å². The molecule has 1 aliphatic carbocycles. The van der Waals surface area contributed by atoms with E-state index in [1.807, 2.05) is 30.3 Å². The zero-order valence-corrected chi connectivity index (χ0v) is 13.5. The van der Waals surface area contributed by atoms with Gasteiger partial charge >= 0.3 is 11.9 Å². The van der Waals surface area contributed by atoms with Crippen molar-refractivity contribution < 1.29 is 19.1 Å². The van der Waals surface area contributed by atoms with Gasteiger partial charge in [-0.3, -0.25) is 0 Å². The lowest BCUT2D eigenvalue weighted by atomic mass is 9.76. The van der Waals surface area contributed by atoms with Crippen LogP contribution in [0.4, 0.5) is 0 Å². The van der Waals surface area contributed by atoms with Crippen LogP contribution in [0.3, 0.4) is 0 Å². The molecule has 1 fully saturated rings. The van der Waals surface area contributed by atoms with Crippen molar-refractivity contribution in [3.63, 3.8) is 0 Å². The number of hydrogen-bond acceptors (Lipinski definition) is 4. The first-order valence-electron chi connectivity index (χ1n) is 8.34. The maximum atomic E-state index is 12.4. The highest BCUT2D eigenvalue weighted by atomic mass is 16.6. The van der Waals surface area contributed by atoms with Crippen LogP contribution in [-0.2, 0) is 25.5 Å². The average molecular weight is 314 g/mol. The van der Waals surface area contributed by atoms with E-state index in [-0.39, 0.29) is 12.2 Å². The molecule has 1 saturated carbocycles. The predicted molar refractivity (Wildman–Crippen MR) is 85.7 cm³/mol. The molecule has 0 bridgehead atoms. The summed E-state index contributed by atoms with van der Waals surface area (Å²) in [6.07, 6.45) is 5.32. The summed E-state index contributed by atoms with van der Waals surface area (Å²) < 4.78 is 10.8. The van der Waals surface area contributed by atoms with Crippen LogP contribution < -0.4 is 0 Å². The molecule has 2 aliphatic rings. The number of benzene rings is 1. The van der Waals surface area contributed by atoms with Crippen LogP contribution in [-0.4, -0.2) is 24.1 Å². The van der Waals surface area contributed by atoms with Crippen LogP contribution in [0, 0.1) is 0 Å². The molecule has 1 heterocycles. The first kappa shape index (κ1) is 15.8. The van der Waals surface area contributed by atoms with E-state index < -0.39 is 17.5 Å². The van der Waals surface area contributed by atoms with Crippen LogP contribution >= 0.6 is 0 Å². The van der Waals surface area contributed by atoms with Crippen molar-refractivity contribution >= 4 is 11.9 Å². The predicted octanol–water partition coefficient (Wildman–Crippen LogP) is 3.35. The fraction of sp³-hybridized carbons (Fsp3) is 0.474. The molecule has 0 radical (unpaired) electrons. The van der Waals surface area contributed by atoms with Gasteiger partial charge in [-0.2, -0.15) is 0 Å². The third-order valence-corrected chi connectivity index (χ3v) is 4.71. The summed E-state index contributed by atoms with van der Waals surface area (Å²) >= 11 is 0. The second kappa shape index (κ2) is 6.57. The number of hydrogen-bond donors (Lipinski definition) is 0. The molecule has 0 atom stereocenters. The molecule has 0 saturated heterocycles. The molecule has 3 rings (SSSR count). The quantitative estimate of drug-likeness (QED) is 0.632. The Balaban J connectivity index is 2.02. The van der Waals surface area contributed by atoms with Crippen molar-refractivity contribution in [3.8, 4) is 0 Å². The van der Waals surface area contributed by atoms with Crippen molar-refractivity contribution in [2.45, 2.75) is 51.0 Å². The second-order valence-corrected chi connectivity index (χ2v) is 6.18. The molecule has 0 amide bonds. The maximum absolute atomic E-state index is 12.4. The van der Waals surface area contributed by atoms with Gasteiger partial charge in [-0.25, -0.2) is 9.59 Å². The minimum Gasteiger partial charge on any atom is -0.462 e. The highest BCUT2D eigenvalue weighted by molar-refractivity contribution is 6.16. The molecular formula is C19H22O4. The van der Waals surface area contributed by atoms with Crippen molar-refractivity contribution in [3.05, 3.63) is 47.0 Å². The Morgan fingerprint density at radius 1 is 1.17 bits per heavy atom. The minimum atomic E-state index is -0.604. The van der Waals surface area contributed by atoms with E-state index in [0.717, 1.165) is 43.2 Å². The Labute approximate surface area is 136 Å². The van der Waals surface area contributed by atoms with Crippen LogP contribution in [0.15, 0.2) is 41.5 Å². The van der Waals surface area contributed by atoms with Gasteiger partial charge < -0.3 is 9.47 Å². The molecule has 23 heavy (non-hydrogen) atoms. The molecule has 1 aliphatic heterocycles. The third-order valence-electron chi connectivity index (χ3n) is 4.71. The maximum Gasteiger partial charge on any atom is 0.346 e. The Hall–Kier alpha value is -2.10. The number of esters is 2. The van der Waals surface area contributed by atoms with Crippen molar-refractivity contribution in [2.24, 2.45) is 0 Å². The molecule has 1 spiro atoms. The molecular weight excluding hydrogens is 292 g/mol. The van der Waals surface area contributed by atoms with E-state index in [1.54, 1.807) is 6.92 Å². The summed E-state index contributed by atoms with van der Waals surface area (Å²) in [5.74, 6) is -1.07. The lowest BCUT2D eigenvalue weighted by Gasteiger charge is -2.34. The zero-order chi connectivity index (χ0) is 16.3. The van der Waals surface area contributed by atoms with Gasteiger partial charge in [-0.15, -0.1) is 0 Å². The third kappa shape index (κ3) is 3.03. The first-order chi connectivity index (χ1) is 11.2. The highest BCUT2D eigenvalue weighted by Gasteiger charge is 2.50. The SMILES string of the molecule is CCOC(=O)C1=C(Cc2ccccc2)C2(CCCCC2)OC1=O. The normalized spacial score (nSPS) is 19.8. The van der Waals surface area contributed by atoms with Gasteiger partial charge in [0.25, 0.3) is 0 Å². The van der Waals surface area contributed by atoms with E-state index in [1.165, 1.54) is 0 Å². The molecule has 0 aromatic heterocycles. The standard InChI is InChI=1S/C19H22O4/c1-2-22-17(20)16-15(13-14-9-5-3-6-10-14)19(23-18(16)21)11-7-4-8-12-19/h3,5-6,9-10H,2,4,7-8,11-13H2,1H3. The van der Waals surface area contributed by atoms with Crippen molar-refractivity contribution in [1.82, 2.24) is 0 Å². The van der Waals surface area contributed by atoms with Gasteiger partial charge in [0, 0.05) is 0 Å². The second-order valence-electron chi connectivity index (χ2n) is 6.18. The Morgan fingerprint density at radius 2 is 1.87 bits per heavy atom. The Morgan fingerprint density at radius 3 is 2.52 bits per heavy atom. The minimum absolute atomic E-state index is 0.123. The van der Waals surface area contributed by atoms with Gasteiger partial charge in [-0.05, 0) is 50.2 Å². The smallest absolute Gasteiger partial charge is 0.346 e. The van der Waals surface area contributed by atoms with E-state index in [2.05, 4.69) is 0 Å². The Kier molecular flexibility index (Phi) is 4.51. The van der Waals surface area contributed by atoms with Gasteiger partial charge in [0.15, 0.2) is 0 Å². The molecule has 4 nitrogen and oxygen atoms in total. The van der Waals surface area contributed by atoms with Gasteiger partial charge in [0.2, 0.25) is 0 Å². The van der Waals surface area contributed by atoms with E-state index in [9.17, 15) is 9.59 Å². The molecule has 122 valence electrons. The lowest BCUT2D eigenvalue weighted by molar-refractivity contribution is -0.152. The summed E-state index contributed by atoms with van der Waals surface area (Å²) in [6, 6.07) is 9.90. The topological polar surface area (TPSA) is 52.6 Å². The highest BCUT2D eigenvalue weighted by Crippen LogP contribution is 2.45. The number of rotatable bonds is 4. The zero-order valence-electron chi connectivity index (χ0n) is 13.5. The first-order valence-corrected chi connectivity index (χ1v) is 8.34. The molecule has 1 aromatic carbocycles. The van der Waals surface area contributed by atoms with E-state index in [4.69, 9.17) is 9.47 Å². The summed E-state index contributed by atoms with van der Waals surface area (Å²) in [4.78, 5) is 24.7. The summed E-state index contributed by atoms with van der Waals surface area (Å²) in [7, 11) is 0. The van der Waals surface area contributed by atoms with Gasteiger partial charge in [-0.1, -0.05) is 36.8 Å². The van der Waals surface area contributed by atoms with E-state index >= 15 is 0 Å². The largest absolute Gasteiger partial charge is 0.462 e. The van der Waals surface area contributed by atoms with Crippen molar-refractivity contribution in [1.29, 1.82) is 0 Å². The van der Waals surface area contributed by atoms with Gasteiger partial charge in [0.05, 0.1) is 6.61 Å². The summed E-state index contributed by atoms with van der Waals surface area (Å²) in [5, 5.41) is 0. The summed E-state index contributed by atoms with van der Waals surface area (Å²) in [5.41, 5.74) is 1.41. The van der Waals surface area contributed by atoms with E-state index in [0.29, 0.717) is 6.42 Å².